The van der Waals surface area contributed by atoms with Crippen LogP contribution in [0, 0.1) is 0 Å². The summed E-state index contributed by atoms with van der Waals surface area (Å²) in [5.74, 6) is 1.43. The molecule has 6 aromatic rings. The Labute approximate surface area is 351 Å². The molecule has 61 heavy (non-hydrogen) atoms. The number of carboxylic acid groups (broad SMARTS) is 1. The summed E-state index contributed by atoms with van der Waals surface area (Å²) in [7, 11) is -5.29. The average Bonchev–Trinajstić information content (AvgIpc) is 3.73. The first-order valence-electron chi connectivity index (χ1n) is 18.4. The number of pyridine rings is 1. The number of carbonyl (C=O) groups is 1. The zero-order valence-corrected chi connectivity index (χ0v) is 34.8. The van der Waals surface area contributed by atoms with E-state index in [1.54, 1.807) is 72.8 Å². The molecule has 0 aliphatic rings. The summed E-state index contributed by atoms with van der Waals surface area (Å²) >= 11 is 0. The average molecular weight is 874 g/mol. The number of sulfonamides is 2. The Balaban J connectivity index is 1.60. The van der Waals surface area contributed by atoms with Gasteiger partial charge in [-0.05, 0) is 76.0 Å². The Hall–Kier alpha value is -6.65. The molecule has 0 aliphatic heterocycles. The quantitative estimate of drug-likeness (QED) is 0.0782. The lowest BCUT2D eigenvalue weighted by molar-refractivity contribution is 0.159. The highest BCUT2D eigenvalue weighted by Crippen LogP contribution is 2.42. The third-order valence-electron chi connectivity index (χ3n) is 9.34. The largest absolute Gasteiger partial charge is 0.497 e. The Morgan fingerprint density at radius 2 is 1.34 bits per heavy atom. The molecular formula is C40H43N9O10S2. The molecule has 0 fully saturated rings. The first-order chi connectivity index (χ1) is 29.2. The molecule has 6 N–H and O–H groups in total. The smallest absolute Gasteiger partial charge is 0.404 e. The molecule has 1 atom stereocenters. The van der Waals surface area contributed by atoms with Crippen molar-refractivity contribution in [3.8, 4) is 39.8 Å². The van der Waals surface area contributed by atoms with Crippen molar-refractivity contribution in [3.05, 3.63) is 120 Å². The minimum absolute atomic E-state index is 0.0919. The predicted octanol–water partition coefficient (Wildman–Crippen LogP) is 3.36. The highest BCUT2D eigenvalue weighted by molar-refractivity contribution is 7.92. The van der Waals surface area contributed by atoms with Gasteiger partial charge in [0.25, 0.3) is 0 Å². The van der Waals surface area contributed by atoms with Crippen LogP contribution in [0.3, 0.4) is 0 Å². The number of ether oxygens (including phenoxy) is 3. The molecule has 21 heteroatoms. The minimum atomic E-state index is -4.97. The number of hydrogen-bond acceptors (Lipinski definition) is 14. The van der Waals surface area contributed by atoms with E-state index in [2.05, 4.69) is 25.1 Å². The molecule has 0 spiro atoms. The summed E-state index contributed by atoms with van der Waals surface area (Å²) in [6, 6.07) is 24.5. The zero-order valence-electron chi connectivity index (χ0n) is 33.2. The Kier molecular flexibility index (Phi) is 13.8. The normalized spacial score (nSPS) is 12.2. The van der Waals surface area contributed by atoms with Gasteiger partial charge in [0.15, 0.2) is 0 Å². The number of aliphatic hydroxyl groups excluding tert-OH is 1. The van der Waals surface area contributed by atoms with Gasteiger partial charge in [0.05, 0.1) is 51.4 Å². The third-order valence-corrected chi connectivity index (χ3v) is 12.8. The fourth-order valence-corrected chi connectivity index (χ4v) is 9.70. The monoisotopic (exact) mass is 873 g/mol. The van der Waals surface area contributed by atoms with Gasteiger partial charge in [-0.15, -0.1) is 10.2 Å². The van der Waals surface area contributed by atoms with Crippen LogP contribution in [0.15, 0.2) is 113 Å². The molecule has 19 nitrogen and oxygen atoms in total. The van der Waals surface area contributed by atoms with Crippen molar-refractivity contribution >= 4 is 31.8 Å². The van der Waals surface area contributed by atoms with Crippen LogP contribution in [0.1, 0.15) is 16.7 Å². The number of benzene rings is 4. The van der Waals surface area contributed by atoms with E-state index in [4.69, 9.17) is 25.1 Å². The highest BCUT2D eigenvalue weighted by atomic mass is 32.2. The second-order valence-corrected chi connectivity index (χ2v) is 17.0. The van der Waals surface area contributed by atoms with Gasteiger partial charge in [-0.2, -0.15) is 9.10 Å². The summed E-state index contributed by atoms with van der Waals surface area (Å²) in [5, 5.41) is 34.6. The number of hydrogen-bond donors (Lipinski definition) is 5. The van der Waals surface area contributed by atoms with E-state index in [1.165, 1.54) is 50.7 Å². The highest BCUT2D eigenvalue weighted by Gasteiger charge is 2.38. The van der Waals surface area contributed by atoms with Crippen molar-refractivity contribution in [1.82, 2.24) is 39.5 Å². The van der Waals surface area contributed by atoms with Gasteiger partial charge in [-0.25, -0.2) is 26.4 Å². The lowest BCUT2D eigenvalue weighted by Crippen LogP contribution is -2.40. The fraction of sp³-hybridized carbons (Fsp3) is 0.225. The Morgan fingerprint density at radius 1 is 0.787 bits per heavy atom. The predicted molar refractivity (Wildman–Crippen MR) is 223 cm³/mol. The maximum absolute atomic E-state index is 15.7. The lowest BCUT2D eigenvalue weighted by Gasteiger charge is -2.26. The molecule has 2 aromatic heterocycles. The van der Waals surface area contributed by atoms with Crippen LogP contribution in [0.5, 0.6) is 17.2 Å². The number of amides is 1. The molecule has 0 saturated carbocycles. The number of aromatic nitrogens is 5. The van der Waals surface area contributed by atoms with E-state index in [1.807, 2.05) is 5.32 Å². The molecule has 2 heterocycles. The van der Waals surface area contributed by atoms with E-state index in [0.717, 1.165) is 15.9 Å². The summed E-state index contributed by atoms with van der Waals surface area (Å²) in [6.07, 6.45) is -0.162. The van der Waals surface area contributed by atoms with Crippen LogP contribution in [0.2, 0.25) is 0 Å². The Bertz CT molecular complexity index is 2630. The molecule has 0 saturated heterocycles. The number of nitrogen functional groups attached to an aromatic ring is 1. The van der Waals surface area contributed by atoms with Crippen molar-refractivity contribution in [2.24, 2.45) is 0 Å². The number of tetrazole rings is 1. The Morgan fingerprint density at radius 3 is 1.87 bits per heavy atom. The van der Waals surface area contributed by atoms with Gasteiger partial charge in [0, 0.05) is 37.9 Å². The van der Waals surface area contributed by atoms with Gasteiger partial charge in [0.1, 0.15) is 27.0 Å². The topological polar surface area (TPSA) is 263 Å². The number of rotatable bonds is 19. The van der Waals surface area contributed by atoms with Gasteiger partial charge >= 0.3 is 6.09 Å². The van der Waals surface area contributed by atoms with Crippen molar-refractivity contribution in [2.75, 3.05) is 40.2 Å². The molecule has 0 radical (unpaired) electrons. The van der Waals surface area contributed by atoms with Crippen LogP contribution < -0.4 is 30.0 Å². The van der Waals surface area contributed by atoms with Crippen molar-refractivity contribution in [1.29, 1.82) is 0 Å². The van der Waals surface area contributed by atoms with Gasteiger partial charge < -0.3 is 35.5 Å². The zero-order chi connectivity index (χ0) is 43.7. The van der Waals surface area contributed by atoms with Crippen LogP contribution in [0.4, 0.5) is 10.5 Å². The number of methoxy groups -OCH3 is 3. The van der Waals surface area contributed by atoms with Crippen molar-refractivity contribution in [2.45, 2.75) is 35.5 Å². The summed E-state index contributed by atoms with van der Waals surface area (Å²) < 4.78 is 79.6. The summed E-state index contributed by atoms with van der Waals surface area (Å²) in [4.78, 5) is 14.9. The molecule has 0 unspecified atom stereocenters. The third kappa shape index (κ3) is 10.6. The number of anilines is 1. The van der Waals surface area contributed by atoms with E-state index < -0.39 is 55.1 Å². The fourth-order valence-electron chi connectivity index (χ4n) is 6.22. The molecule has 320 valence electrons. The molecule has 1 amide bonds. The van der Waals surface area contributed by atoms with Gasteiger partial charge in [-0.1, -0.05) is 42.5 Å². The summed E-state index contributed by atoms with van der Waals surface area (Å²) in [5.41, 5.74) is 8.57. The first-order valence-corrected chi connectivity index (χ1v) is 21.3. The van der Waals surface area contributed by atoms with Crippen LogP contribution >= 0.6 is 0 Å². The molecule has 0 bridgehead atoms. The first kappa shape index (κ1) is 43.9. The van der Waals surface area contributed by atoms with Crippen molar-refractivity contribution < 1.29 is 46.1 Å². The van der Waals surface area contributed by atoms with E-state index in [-0.39, 0.29) is 47.8 Å². The van der Waals surface area contributed by atoms with E-state index in [9.17, 15) is 18.3 Å². The second-order valence-electron chi connectivity index (χ2n) is 13.4. The number of aliphatic hydroxyl groups is 1. The van der Waals surface area contributed by atoms with Crippen LogP contribution in [-0.2, 0) is 39.7 Å². The maximum Gasteiger partial charge on any atom is 0.404 e. The molecule has 0 aliphatic carbocycles. The number of nitrogens with two attached hydrogens (primary N) is 1. The van der Waals surface area contributed by atoms with Gasteiger partial charge in [-0.3, -0.25) is 4.98 Å². The molecule has 6 rings (SSSR count). The van der Waals surface area contributed by atoms with E-state index in [0.29, 0.717) is 28.4 Å². The molecular weight excluding hydrogens is 831 g/mol. The second kappa shape index (κ2) is 19.2. The lowest BCUT2D eigenvalue weighted by atomic mass is 9.99. The van der Waals surface area contributed by atoms with Crippen molar-refractivity contribution in [3.63, 3.8) is 0 Å². The van der Waals surface area contributed by atoms with Crippen LogP contribution in [0.25, 0.3) is 22.5 Å². The maximum atomic E-state index is 15.7. The van der Waals surface area contributed by atoms with E-state index >= 15 is 8.42 Å². The summed E-state index contributed by atoms with van der Waals surface area (Å²) in [6.45, 7) is -1.61. The van der Waals surface area contributed by atoms with Gasteiger partial charge in [0.2, 0.25) is 25.9 Å². The SMILES string of the molecule is COc1ccc(CN(Cc2ccc(OC)cc2)S(=O)(=O)c2c(S(=O)(=O)NC[C@@H](O)CNC(=O)O)ccc(-c3ccncc3N)c2-c2nnn(Cc3ccc(OC)cc3)n2)cc1. The molecule has 4 aromatic carbocycles. The van der Waals surface area contributed by atoms with Crippen LogP contribution in [-0.4, -0.2) is 103 Å². The number of nitrogens with zero attached hydrogens (tertiary/aromatic N) is 6. The minimum Gasteiger partial charge on any atom is -0.497 e. The standard InChI is InChI=1S/C40H43N9O10S2/c1-57-30-10-4-26(5-11-30)23-48(24-27-6-12-31(58-2)13-7-27)61(55,56)38-36(60(53,54)44-21-29(50)20-43-40(51)52)17-16-34(33-18-19-42-22-35(33)41)37(38)39-45-47-49(46-39)25-28-8-14-32(59-3)15-9-28/h4-19,22,29,43-44,50H,20-21,23-25,41H2,1-3H3,(H,51,52)/t29-/m0/s1. The number of nitrogens with one attached hydrogen (secondary N) is 2.